The smallest absolute Gasteiger partial charge is 0.106 e. The summed E-state index contributed by atoms with van der Waals surface area (Å²) in [6.07, 6.45) is 0. The Morgan fingerprint density at radius 1 is 1.30 bits per heavy atom. The zero-order valence-corrected chi connectivity index (χ0v) is 14.1. The Bertz CT molecular complexity index is 646. The Labute approximate surface area is 137 Å². The van der Waals surface area contributed by atoms with Gasteiger partial charge in [0.1, 0.15) is 4.99 Å². The lowest BCUT2D eigenvalue weighted by Crippen LogP contribution is -2.21. The molecule has 104 valence electrons. The number of anilines is 1. The van der Waals surface area contributed by atoms with Gasteiger partial charge in [0.2, 0.25) is 0 Å². The first kappa shape index (κ1) is 15.3. The van der Waals surface area contributed by atoms with E-state index in [9.17, 15) is 0 Å². The van der Waals surface area contributed by atoms with Gasteiger partial charge < -0.3 is 10.6 Å². The molecule has 0 aliphatic rings. The van der Waals surface area contributed by atoms with Crippen molar-refractivity contribution in [3.05, 3.63) is 63.1 Å². The van der Waals surface area contributed by atoms with Gasteiger partial charge in [-0.3, -0.25) is 0 Å². The first-order valence-electron chi connectivity index (χ1n) is 6.03. The van der Waals surface area contributed by atoms with Crippen molar-refractivity contribution >= 4 is 50.4 Å². The maximum atomic E-state index is 6.20. The molecule has 0 heterocycles. The van der Waals surface area contributed by atoms with Crippen molar-refractivity contribution in [2.45, 2.75) is 6.54 Å². The Balaban J connectivity index is 2.32. The van der Waals surface area contributed by atoms with Gasteiger partial charge in [-0.1, -0.05) is 57.9 Å². The van der Waals surface area contributed by atoms with Crippen molar-refractivity contribution in [2.24, 2.45) is 5.73 Å². The second-order valence-corrected chi connectivity index (χ2v) is 6.24. The molecule has 0 aromatic heterocycles. The first-order chi connectivity index (χ1) is 9.49. The molecule has 5 heteroatoms. The number of nitrogens with two attached hydrogens (primary N) is 1. The van der Waals surface area contributed by atoms with Crippen LogP contribution in [0.25, 0.3) is 0 Å². The van der Waals surface area contributed by atoms with Crippen LogP contribution in [0, 0.1) is 0 Å². The number of rotatable bonds is 4. The molecule has 0 saturated carbocycles. The summed E-state index contributed by atoms with van der Waals surface area (Å²) in [7, 11) is 1.99. The molecule has 0 aliphatic carbocycles. The molecule has 0 spiro atoms. The van der Waals surface area contributed by atoms with Gasteiger partial charge in [-0.25, -0.2) is 0 Å². The highest BCUT2D eigenvalue weighted by Crippen LogP contribution is 2.26. The largest absolute Gasteiger partial charge is 0.389 e. The molecule has 0 fully saturated rings. The minimum Gasteiger partial charge on any atom is -0.389 e. The van der Waals surface area contributed by atoms with Crippen LogP contribution in [0.4, 0.5) is 5.69 Å². The number of hydrogen-bond donors (Lipinski definition) is 1. The zero-order chi connectivity index (χ0) is 14.7. The van der Waals surface area contributed by atoms with E-state index in [4.69, 9.17) is 29.6 Å². The molecule has 0 unspecified atom stereocenters. The fourth-order valence-electron chi connectivity index (χ4n) is 2.01. The Kier molecular flexibility index (Phi) is 5.02. The predicted molar refractivity (Wildman–Crippen MR) is 93.6 cm³/mol. The highest BCUT2D eigenvalue weighted by atomic mass is 79.9. The molecule has 0 atom stereocenters. The van der Waals surface area contributed by atoms with Crippen LogP contribution in [-0.4, -0.2) is 12.0 Å². The third-order valence-electron chi connectivity index (χ3n) is 3.00. The van der Waals surface area contributed by atoms with E-state index in [1.54, 1.807) is 0 Å². The van der Waals surface area contributed by atoms with E-state index in [0.29, 0.717) is 11.5 Å². The first-order valence-corrected chi connectivity index (χ1v) is 7.61. The van der Waals surface area contributed by atoms with Crippen molar-refractivity contribution in [3.63, 3.8) is 0 Å². The quantitative estimate of drug-likeness (QED) is 0.811. The highest BCUT2D eigenvalue weighted by Gasteiger charge is 2.11. The fourth-order valence-corrected chi connectivity index (χ4v) is 2.73. The van der Waals surface area contributed by atoms with Gasteiger partial charge in [0, 0.05) is 34.3 Å². The molecule has 2 aromatic carbocycles. The summed E-state index contributed by atoms with van der Waals surface area (Å²) in [5.41, 5.74) is 8.70. The summed E-state index contributed by atoms with van der Waals surface area (Å²) in [5, 5.41) is 0.758. The molecule has 2 N–H and O–H groups in total. The third kappa shape index (κ3) is 3.51. The van der Waals surface area contributed by atoms with Crippen LogP contribution in [0.5, 0.6) is 0 Å². The molecule has 2 rings (SSSR count). The third-order valence-corrected chi connectivity index (χ3v) is 4.08. The predicted octanol–water partition coefficient (Wildman–Crippen LogP) is 4.37. The maximum absolute atomic E-state index is 6.20. The summed E-state index contributed by atoms with van der Waals surface area (Å²) >= 11 is 14.8. The minimum absolute atomic E-state index is 0.382. The SMILES string of the molecule is CN(Cc1ccccc1Cl)c1ccc(Br)cc1C(N)=S. The van der Waals surface area contributed by atoms with Gasteiger partial charge >= 0.3 is 0 Å². The Morgan fingerprint density at radius 3 is 2.65 bits per heavy atom. The summed E-state index contributed by atoms with van der Waals surface area (Å²) in [5.74, 6) is 0. The van der Waals surface area contributed by atoms with Gasteiger partial charge in [0.15, 0.2) is 0 Å². The average Bonchev–Trinajstić information content (AvgIpc) is 2.41. The highest BCUT2D eigenvalue weighted by molar-refractivity contribution is 9.10. The molecule has 0 aliphatic heterocycles. The lowest BCUT2D eigenvalue weighted by atomic mass is 10.1. The second kappa shape index (κ2) is 6.57. The summed E-state index contributed by atoms with van der Waals surface area (Å²) in [6, 6.07) is 13.7. The van der Waals surface area contributed by atoms with Crippen molar-refractivity contribution in [3.8, 4) is 0 Å². The molecule has 20 heavy (non-hydrogen) atoms. The molecule has 0 bridgehead atoms. The lowest BCUT2D eigenvalue weighted by Gasteiger charge is -2.23. The van der Waals surface area contributed by atoms with Crippen molar-refractivity contribution < 1.29 is 0 Å². The minimum atomic E-state index is 0.382. The summed E-state index contributed by atoms with van der Waals surface area (Å²) in [4.78, 5) is 2.47. The topological polar surface area (TPSA) is 29.3 Å². The molecule has 0 radical (unpaired) electrons. The van der Waals surface area contributed by atoms with Crippen molar-refractivity contribution in [2.75, 3.05) is 11.9 Å². The standard InChI is InChI=1S/C15H14BrClN2S/c1-19(9-10-4-2-3-5-13(10)17)14-7-6-11(16)8-12(14)15(18)20/h2-8H,9H2,1H3,(H2,18,20). The van der Waals surface area contributed by atoms with Crippen LogP contribution in [0.1, 0.15) is 11.1 Å². The maximum Gasteiger partial charge on any atom is 0.106 e. The van der Waals surface area contributed by atoms with Crippen LogP contribution in [0.3, 0.4) is 0 Å². The van der Waals surface area contributed by atoms with Crippen LogP contribution < -0.4 is 10.6 Å². The van der Waals surface area contributed by atoms with E-state index >= 15 is 0 Å². The molecular formula is C15H14BrClN2S. The molecular weight excluding hydrogens is 356 g/mol. The number of nitrogens with zero attached hydrogens (tertiary/aromatic N) is 1. The van der Waals surface area contributed by atoms with E-state index in [0.717, 1.165) is 26.3 Å². The van der Waals surface area contributed by atoms with Crippen LogP contribution in [0.15, 0.2) is 46.9 Å². The number of thiocarbonyl (C=S) groups is 1. The average molecular weight is 370 g/mol. The fraction of sp³-hybridized carbons (Fsp3) is 0.133. The normalized spacial score (nSPS) is 10.3. The van der Waals surface area contributed by atoms with Crippen molar-refractivity contribution in [1.29, 1.82) is 0 Å². The zero-order valence-electron chi connectivity index (χ0n) is 10.9. The Morgan fingerprint density at radius 2 is 2.00 bits per heavy atom. The van der Waals surface area contributed by atoms with Gasteiger partial charge in [-0.15, -0.1) is 0 Å². The van der Waals surface area contributed by atoms with Crippen LogP contribution >= 0.6 is 39.7 Å². The van der Waals surface area contributed by atoms with Crippen molar-refractivity contribution in [1.82, 2.24) is 0 Å². The van der Waals surface area contributed by atoms with Gasteiger partial charge in [-0.2, -0.15) is 0 Å². The lowest BCUT2D eigenvalue weighted by molar-refractivity contribution is 0.922. The molecule has 2 aromatic rings. The molecule has 0 amide bonds. The Hall–Kier alpha value is -1.10. The number of halogens is 2. The van der Waals surface area contributed by atoms with Gasteiger partial charge in [-0.05, 0) is 29.8 Å². The van der Waals surface area contributed by atoms with E-state index in [2.05, 4.69) is 20.8 Å². The van der Waals surface area contributed by atoms with E-state index < -0.39 is 0 Å². The van der Waals surface area contributed by atoms with E-state index in [1.165, 1.54) is 0 Å². The summed E-state index contributed by atoms with van der Waals surface area (Å²) in [6.45, 7) is 0.691. The summed E-state index contributed by atoms with van der Waals surface area (Å²) < 4.78 is 0.954. The van der Waals surface area contributed by atoms with Gasteiger partial charge in [0.25, 0.3) is 0 Å². The van der Waals surface area contributed by atoms with E-state index in [1.807, 2.05) is 49.5 Å². The van der Waals surface area contributed by atoms with E-state index in [-0.39, 0.29) is 0 Å². The van der Waals surface area contributed by atoms with Crippen LogP contribution in [0.2, 0.25) is 5.02 Å². The monoisotopic (exact) mass is 368 g/mol. The number of benzene rings is 2. The van der Waals surface area contributed by atoms with Crippen LogP contribution in [-0.2, 0) is 6.54 Å². The number of hydrogen-bond acceptors (Lipinski definition) is 2. The molecule has 0 saturated heterocycles. The second-order valence-electron chi connectivity index (χ2n) is 4.47. The van der Waals surface area contributed by atoms with Gasteiger partial charge in [0.05, 0.1) is 0 Å². The molecule has 2 nitrogen and oxygen atoms in total.